The molecule has 0 radical (unpaired) electrons. The summed E-state index contributed by atoms with van der Waals surface area (Å²) in [5.74, 6) is 5.66. The van der Waals surface area contributed by atoms with E-state index in [0.717, 1.165) is 44.5 Å². The van der Waals surface area contributed by atoms with Crippen molar-refractivity contribution in [3.63, 3.8) is 0 Å². The molecule has 3 rings (SSSR count). The zero-order chi connectivity index (χ0) is 22.4. The first-order valence-corrected chi connectivity index (χ1v) is 14.5. The van der Waals surface area contributed by atoms with Crippen LogP contribution in [0.15, 0.2) is 48.5 Å². The lowest BCUT2D eigenvalue weighted by molar-refractivity contribution is 0.395. The second-order valence-electron chi connectivity index (χ2n) is 8.21. The molecule has 0 bridgehead atoms. The van der Waals surface area contributed by atoms with Gasteiger partial charge in [-0.15, -0.1) is 23.5 Å². The van der Waals surface area contributed by atoms with E-state index < -0.39 is 0 Å². The third kappa shape index (κ3) is 7.25. The smallest absolute Gasteiger partial charge is 0.136 e. The van der Waals surface area contributed by atoms with Crippen molar-refractivity contribution in [3.05, 3.63) is 48.5 Å². The lowest BCUT2D eigenvalue weighted by Crippen LogP contribution is -2.00. The lowest BCUT2D eigenvalue weighted by Gasteiger charge is -2.17. The van der Waals surface area contributed by atoms with Gasteiger partial charge in [0.1, 0.15) is 23.4 Å². The van der Waals surface area contributed by atoms with Gasteiger partial charge in [-0.05, 0) is 24.3 Å². The molecule has 0 aliphatic rings. The van der Waals surface area contributed by atoms with E-state index in [1.165, 1.54) is 51.4 Å². The highest BCUT2D eigenvalue weighted by molar-refractivity contribution is 7.99. The normalized spacial score (nSPS) is 11.3. The van der Waals surface area contributed by atoms with E-state index in [2.05, 4.69) is 62.4 Å². The van der Waals surface area contributed by atoms with Crippen molar-refractivity contribution < 1.29 is 9.47 Å². The summed E-state index contributed by atoms with van der Waals surface area (Å²) in [7, 11) is 0. The van der Waals surface area contributed by atoms with Gasteiger partial charge in [0, 0.05) is 21.5 Å². The molecule has 2 nitrogen and oxygen atoms in total. The fraction of sp³-hybridized carbons (Fsp3) is 0.500. The van der Waals surface area contributed by atoms with Gasteiger partial charge in [-0.1, -0.05) is 101 Å². The molecule has 32 heavy (non-hydrogen) atoms. The number of rotatable bonds is 16. The summed E-state index contributed by atoms with van der Waals surface area (Å²) in [6.07, 6.45) is 10.4. The molecule has 0 spiro atoms. The fourth-order valence-electron chi connectivity index (χ4n) is 3.94. The minimum Gasteiger partial charge on any atom is -0.482 e. The monoisotopic (exact) mass is 470 g/mol. The molecule has 3 aromatic rings. The lowest BCUT2D eigenvalue weighted by atomic mass is 10.0. The van der Waals surface area contributed by atoms with Crippen LogP contribution in [0.1, 0.15) is 65.2 Å². The average molecular weight is 471 g/mol. The van der Waals surface area contributed by atoms with Crippen LogP contribution in [0.5, 0.6) is 11.5 Å². The van der Waals surface area contributed by atoms with Gasteiger partial charge < -0.3 is 9.47 Å². The van der Waals surface area contributed by atoms with Crippen molar-refractivity contribution in [1.29, 1.82) is 0 Å². The first-order valence-electron chi connectivity index (χ1n) is 12.2. The second kappa shape index (κ2) is 14.6. The van der Waals surface area contributed by atoms with Crippen LogP contribution >= 0.6 is 23.5 Å². The van der Waals surface area contributed by atoms with Crippen molar-refractivity contribution in [2.75, 3.05) is 23.4 Å². The zero-order valence-electron chi connectivity index (χ0n) is 19.7. The zero-order valence-corrected chi connectivity index (χ0v) is 21.4. The largest absolute Gasteiger partial charge is 0.482 e. The van der Waals surface area contributed by atoms with E-state index in [1.807, 2.05) is 23.5 Å². The molecule has 0 heterocycles. The van der Waals surface area contributed by atoms with E-state index in [0.29, 0.717) is 11.9 Å². The Morgan fingerprint density at radius 3 is 1.25 bits per heavy atom. The molecule has 0 N–H and O–H groups in total. The Labute approximate surface area is 202 Å². The van der Waals surface area contributed by atoms with Crippen LogP contribution in [0.25, 0.3) is 21.5 Å². The Hall–Kier alpha value is -1.52. The summed E-state index contributed by atoms with van der Waals surface area (Å²) >= 11 is 3.78. The molecule has 0 unspecified atom stereocenters. The Kier molecular flexibility index (Phi) is 11.5. The topological polar surface area (TPSA) is 18.5 Å². The van der Waals surface area contributed by atoms with Crippen molar-refractivity contribution >= 4 is 45.1 Å². The quantitative estimate of drug-likeness (QED) is 0.118. The molecule has 3 aromatic carbocycles. The molecule has 174 valence electrons. The maximum absolute atomic E-state index is 6.38. The number of benzene rings is 3. The van der Waals surface area contributed by atoms with Gasteiger partial charge in [0.05, 0.1) is 0 Å². The molecule has 0 amide bonds. The standard InChI is InChI=1S/C28H38O2S2/c1-3-5-7-13-19-31-21-29-27-23-15-9-11-17-25(23)28(26-18-12-10-16-24(26)27)30-22-32-20-14-8-6-4-2/h9-12,15-18H,3-8,13-14,19-22H2,1-2H3. The van der Waals surface area contributed by atoms with Gasteiger partial charge >= 0.3 is 0 Å². The molecular formula is C28H38O2S2. The van der Waals surface area contributed by atoms with E-state index >= 15 is 0 Å². The van der Waals surface area contributed by atoms with Crippen molar-refractivity contribution in [2.24, 2.45) is 0 Å². The highest BCUT2D eigenvalue weighted by atomic mass is 32.2. The molecule has 0 saturated carbocycles. The van der Waals surface area contributed by atoms with Gasteiger partial charge in [0.15, 0.2) is 0 Å². The molecule has 0 aromatic heterocycles. The van der Waals surface area contributed by atoms with Gasteiger partial charge in [0.25, 0.3) is 0 Å². The SMILES string of the molecule is CCCCCCSCOc1c2ccccc2c(OCSCCCCCC)c2ccccc12. The molecule has 0 fully saturated rings. The van der Waals surface area contributed by atoms with E-state index in [9.17, 15) is 0 Å². The molecule has 0 aliphatic heterocycles. The number of ether oxygens (including phenoxy) is 2. The predicted octanol–water partition coefficient (Wildman–Crippen LogP) is 9.29. The van der Waals surface area contributed by atoms with Crippen molar-refractivity contribution in [3.8, 4) is 11.5 Å². The molecular weight excluding hydrogens is 432 g/mol. The van der Waals surface area contributed by atoms with Crippen LogP contribution < -0.4 is 9.47 Å². The predicted molar refractivity (Wildman–Crippen MR) is 146 cm³/mol. The number of hydrogen-bond acceptors (Lipinski definition) is 4. The van der Waals surface area contributed by atoms with Crippen LogP contribution in [0.2, 0.25) is 0 Å². The Balaban J connectivity index is 1.72. The minimum atomic E-state index is 0.688. The second-order valence-corrected chi connectivity index (χ2v) is 10.3. The summed E-state index contributed by atoms with van der Waals surface area (Å²) in [6.45, 7) is 4.51. The fourth-order valence-corrected chi connectivity index (χ4v) is 5.39. The number of thioether (sulfide) groups is 2. The summed E-state index contributed by atoms with van der Waals surface area (Å²) in [4.78, 5) is 0. The summed E-state index contributed by atoms with van der Waals surface area (Å²) < 4.78 is 12.8. The van der Waals surface area contributed by atoms with E-state index in [4.69, 9.17) is 9.47 Å². The first kappa shape index (κ1) is 25.1. The van der Waals surface area contributed by atoms with E-state index in [-0.39, 0.29) is 0 Å². The third-order valence-corrected chi connectivity index (χ3v) is 7.41. The van der Waals surface area contributed by atoms with Gasteiger partial charge in [-0.3, -0.25) is 0 Å². The number of fused-ring (bicyclic) bond motifs is 2. The van der Waals surface area contributed by atoms with Crippen LogP contribution in [0.4, 0.5) is 0 Å². The Morgan fingerprint density at radius 1 is 0.531 bits per heavy atom. The summed E-state index contributed by atoms with van der Waals surface area (Å²) in [6, 6.07) is 17.0. The highest BCUT2D eigenvalue weighted by Crippen LogP contribution is 2.43. The van der Waals surface area contributed by atoms with Crippen molar-refractivity contribution in [2.45, 2.75) is 65.2 Å². The highest BCUT2D eigenvalue weighted by Gasteiger charge is 2.15. The summed E-state index contributed by atoms with van der Waals surface area (Å²) in [5.41, 5.74) is 0. The molecule has 0 aliphatic carbocycles. The third-order valence-electron chi connectivity index (χ3n) is 5.69. The molecule has 0 atom stereocenters. The van der Waals surface area contributed by atoms with Crippen LogP contribution in [0.3, 0.4) is 0 Å². The van der Waals surface area contributed by atoms with E-state index in [1.54, 1.807) is 0 Å². The van der Waals surface area contributed by atoms with Crippen LogP contribution in [0, 0.1) is 0 Å². The maximum atomic E-state index is 6.38. The first-order chi connectivity index (χ1) is 15.9. The van der Waals surface area contributed by atoms with Crippen LogP contribution in [-0.2, 0) is 0 Å². The Morgan fingerprint density at radius 2 is 0.906 bits per heavy atom. The number of unbranched alkanes of at least 4 members (excludes halogenated alkanes) is 6. The van der Waals surface area contributed by atoms with Gasteiger partial charge in [-0.2, -0.15) is 0 Å². The average Bonchev–Trinajstić information content (AvgIpc) is 2.83. The maximum Gasteiger partial charge on any atom is 0.136 e. The number of hydrogen-bond donors (Lipinski definition) is 0. The Bertz CT molecular complexity index is 808. The van der Waals surface area contributed by atoms with Gasteiger partial charge in [-0.25, -0.2) is 0 Å². The summed E-state index contributed by atoms with van der Waals surface area (Å²) in [5, 5.41) is 4.56. The van der Waals surface area contributed by atoms with Crippen LogP contribution in [-0.4, -0.2) is 23.4 Å². The van der Waals surface area contributed by atoms with Crippen molar-refractivity contribution in [1.82, 2.24) is 0 Å². The molecule has 0 saturated heterocycles. The van der Waals surface area contributed by atoms with Gasteiger partial charge in [0.2, 0.25) is 0 Å². The molecule has 4 heteroatoms. The minimum absolute atomic E-state index is 0.688.